The highest BCUT2D eigenvalue weighted by Gasteiger charge is 2.16. The Morgan fingerprint density at radius 1 is 0.923 bits per heavy atom. The molecule has 0 atom stereocenters. The Bertz CT molecular complexity index is 1170. The van der Waals surface area contributed by atoms with Crippen LogP contribution >= 0.6 is 0 Å². The Labute approximate surface area is 149 Å². The van der Waals surface area contributed by atoms with Gasteiger partial charge < -0.3 is 4.98 Å². The van der Waals surface area contributed by atoms with Crippen molar-refractivity contribution >= 4 is 26.7 Å². The number of anilines is 1. The maximum absolute atomic E-state index is 13.0. The van der Waals surface area contributed by atoms with Gasteiger partial charge in [0.1, 0.15) is 11.6 Å². The molecule has 2 N–H and O–H groups in total. The van der Waals surface area contributed by atoms with Crippen molar-refractivity contribution in [2.75, 3.05) is 4.72 Å². The van der Waals surface area contributed by atoms with Crippen molar-refractivity contribution in [2.45, 2.75) is 4.90 Å². The zero-order valence-electron chi connectivity index (χ0n) is 13.5. The highest BCUT2D eigenvalue weighted by molar-refractivity contribution is 7.92. The lowest BCUT2D eigenvalue weighted by molar-refractivity contribution is 0.601. The summed E-state index contributed by atoms with van der Waals surface area (Å²) in [5.41, 5.74) is 2.49. The number of hydrogen-bond donors (Lipinski definition) is 2. The second-order valence-corrected chi connectivity index (χ2v) is 7.43. The van der Waals surface area contributed by atoms with Crippen molar-refractivity contribution in [3.63, 3.8) is 0 Å². The van der Waals surface area contributed by atoms with E-state index in [0.717, 1.165) is 5.56 Å². The van der Waals surface area contributed by atoms with Crippen LogP contribution in [0, 0.1) is 5.82 Å². The van der Waals surface area contributed by atoms with Gasteiger partial charge in [-0.05, 0) is 42.5 Å². The predicted octanol–water partition coefficient (Wildman–Crippen LogP) is 4.17. The van der Waals surface area contributed by atoms with E-state index in [9.17, 15) is 12.8 Å². The minimum atomic E-state index is -3.79. The number of nitrogens with one attached hydrogen (secondary N) is 2. The number of H-pyrrole nitrogens is 1. The molecule has 0 saturated carbocycles. The van der Waals surface area contributed by atoms with Gasteiger partial charge in [0.15, 0.2) is 0 Å². The summed E-state index contributed by atoms with van der Waals surface area (Å²) in [4.78, 5) is 7.73. The predicted molar refractivity (Wildman–Crippen MR) is 98.7 cm³/mol. The van der Waals surface area contributed by atoms with Crippen LogP contribution in [-0.4, -0.2) is 18.4 Å². The second kappa shape index (κ2) is 6.27. The van der Waals surface area contributed by atoms with Gasteiger partial charge in [-0.2, -0.15) is 0 Å². The molecule has 0 spiro atoms. The summed E-state index contributed by atoms with van der Waals surface area (Å²) in [6.45, 7) is 0. The maximum atomic E-state index is 13.0. The summed E-state index contributed by atoms with van der Waals surface area (Å²) in [5, 5.41) is 0. The number of halogens is 1. The molecule has 4 aromatic rings. The molecule has 0 aliphatic carbocycles. The first kappa shape index (κ1) is 16.3. The Morgan fingerprint density at radius 3 is 2.38 bits per heavy atom. The number of rotatable bonds is 4. The van der Waals surface area contributed by atoms with Gasteiger partial charge in [0.25, 0.3) is 10.0 Å². The third-order valence-electron chi connectivity index (χ3n) is 3.91. The number of aromatic amines is 1. The van der Waals surface area contributed by atoms with Crippen LogP contribution in [0.15, 0.2) is 77.7 Å². The van der Waals surface area contributed by atoms with Crippen LogP contribution in [0.25, 0.3) is 22.4 Å². The number of benzene rings is 3. The standard InChI is InChI=1S/C19H14FN3O2S/c20-14-6-8-15(9-7-14)23-26(24,25)16-10-11-17-18(12-16)22-19(21-17)13-4-2-1-3-5-13/h1-12,23H,(H,21,22). The minimum absolute atomic E-state index is 0.0950. The van der Waals surface area contributed by atoms with Crippen LogP contribution in [-0.2, 0) is 10.0 Å². The zero-order valence-corrected chi connectivity index (χ0v) is 14.3. The monoisotopic (exact) mass is 367 g/mol. The molecular formula is C19H14FN3O2S. The van der Waals surface area contributed by atoms with Crippen molar-refractivity contribution in [2.24, 2.45) is 0 Å². The summed E-state index contributed by atoms with van der Waals surface area (Å²) >= 11 is 0. The molecule has 130 valence electrons. The highest BCUT2D eigenvalue weighted by Crippen LogP contribution is 2.24. The fourth-order valence-electron chi connectivity index (χ4n) is 2.62. The number of nitrogens with zero attached hydrogens (tertiary/aromatic N) is 1. The summed E-state index contributed by atoms with van der Waals surface area (Å²) in [5.74, 6) is 0.238. The van der Waals surface area contributed by atoms with Gasteiger partial charge in [-0.3, -0.25) is 4.72 Å². The van der Waals surface area contributed by atoms with Gasteiger partial charge in [0, 0.05) is 11.3 Å². The first-order chi connectivity index (χ1) is 12.5. The number of fused-ring (bicyclic) bond motifs is 1. The van der Waals surface area contributed by atoms with Gasteiger partial charge >= 0.3 is 0 Å². The molecule has 3 aromatic carbocycles. The summed E-state index contributed by atoms with van der Waals surface area (Å²) in [6.07, 6.45) is 0. The van der Waals surface area contributed by atoms with E-state index >= 15 is 0 Å². The first-order valence-corrected chi connectivity index (χ1v) is 9.33. The Morgan fingerprint density at radius 2 is 1.65 bits per heavy atom. The van der Waals surface area contributed by atoms with Gasteiger partial charge in [-0.25, -0.2) is 17.8 Å². The number of sulfonamides is 1. The molecule has 1 aromatic heterocycles. The molecule has 7 heteroatoms. The fraction of sp³-hybridized carbons (Fsp3) is 0. The molecule has 0 saturated heterocycles. The molecule has 0 aliphatic rings. The molecular weight excluding hydrogens is 353 g/mol. The average Bonchev–Trinajstić information content (AvgIpc) is 3.07. The SMILES string of the molecule is O=S(=O)(Nc1ccc(F)cc1)c1ccc2nc(-c3ccccc3)[nH]c2c1. The van der Waals surface area contributed by atoms with Crippen LogP contribution < -0.4 is 4.72 Å². The molecule has 26 heavy (non-hydrogen) atoms. The Kier molecular flexibility index (Phi) is 3.93. The van der Waals surface area contributed by atoms with Crippen LogP contribution in [0.3, 0.4) is 0 Å². The van der Waals surface area contributed by atoms with Gasteiger partial charge in [0.05, 0.1) is 15.9 Å². The van der Waals surface area contributed by atoms with E-state index in [-0.39, 0.29) is 4.90 Å². The molecule has 0 radical (unpaired) electrons. The van der Waals surface area contributed by atoms with Crippen molar-refractivity contribution < 1.29 is 12.8 Å². The minimum Gasteiger partial charge on any atom is -0.338 e. The molecule has 0 amide bonds. The Hall–Kier alpha value is -3.19. The van der Waals surface area contributed by atoms with E-state index in [0.29, 0.717) is 22.5 Å². The van der Waals surface area contributed by atoms with E-state index in [1.807, 2.05) is 30.3 Å². The third-order valence-corrected chi connectivity index (χ3v) is 5.29. The van der Waals surface area contributed by atoms with E-state index in [2.05, 4.69) is 14.7 Å². The number of imidazole rings is 1. The van der Waals surface area contributed by atoms with Crippen LogP contribution in [0.1, 0.15) is 0 Å². The molecule has 4 rings (SSSR count). The van der Waals surface area contributed by atoms with E-state index in [1.165, 1.54) is 36.4 Å². The quantitative estimate of drug-likeness (QED) is 0.568. The average molecular weight is 367 g/mol. The molecule has 0 bridgehead atoms. The lowest BCUT2D eigenvalue weighted by atomic mass is 10.2. The topological polar surface area (TPSA) is 74.8 Å². The van der Waals surface area contributed by atoms with Crippen molar-refractivity contribution in [1.82, 2.24) is 9.97 Å². The van der Waals surface area contributed by atoms with Crippen molar-refractivity contribution in [3.8, 4) is 11.4 Å². The van der Waals surface area contributed by atoms with Crippen LogP contribution in [0.5, 0.6) is 0 Å². The third kappa shape index (κ3) is 3.16. The van der Waals surface area contributed by atoms with Crippen LogP contribution in [0.4, 0.5) is 10.1 Å². The largest absolute Gasteiger partial charge is 0.338 e. The molecule has 5 nitrogen and oxygen atoms in total. The van der Waals surface area contributed by atoms with E-state index < -0.39 is 15.8 Å². The first-order valence-electron chi connectivity index (χ1n) is 7.85. The molecule has 1 heterocycles. The van der Waals surface area contributed by atoms with Gasteiger partial charge in [-0.1, -0.05) is 30.3 Å². The van der Waals surface area contributed by atoms with E-state index in [4.69, 9.17) is 0 Å². The highest BCUT2D eigenvalue weighted by atomic mass is 32.2. The summed E-state index contributed by atoms with van der Waals surface area (Å²) < 4.78 is 40.5. The number of aromatic nitrogens is 2. The molecule has 0 unspecified atom stereocenters. The van der Waals surface area contributed by atoms with E-state index in [1.54, 1.807) is 6.07 Å². The van der Waals surface area contributed by atoms with Crippen LogP contribution in [0.2, 0.25) is 0 Å². The lowest BCUT2D eigenvalue weighted by Crippen LogP contribution is -2.12. The normalized spacial score (nSPS) is 11.6. The Balaban J connectivity index is 1.69. The fourth-order valence-corrected chi connectivity index (χ4v) is 3.71. The number of hydrogen-bond acceptors (Lipinski definition) is 3. The second-order valence-electron chi connectivity index (χ2n) is 5.74. The lowest BCUT2D eigenvalue weighted by Gasteiger charge is -2.08. The smallest absolute Gasteiger partial charge is 0.261 e. The zero-order chi connectivity index (χ0) is 18.1. The van der Waals surface area contributed by atoms with Gasteiger partial charge in [0.2, 0.25) is 0 Å². The molecule has 0 aliphatic heterocycles. The van der Waals surface area contributed by atoms with Gasteiger partial charge in [-0.15, -0.1) is 0 Å². The molecule has 0 fully saturated rings. The summed E-state index contributed by atoms with van der Waals surface area (Å²) in [6, 6.07) is 19.4. The van der Waals surface area contributed by atoms with Crippen molar-refractivity contribution in [3.05, 3.63) is 78.6 Å². The maximum Gasteiger partial charge on any atom is 0.261 e. The summed E-state index contributed by atoms with van der Waals surface area (Å²) in [7, 11) is -3.79. The van der Waals surface area contributed by atoms with Crippen molar-refractivity contribution in [1.29, 1.82) is 0 Å².